The first kappa shape index (κ1) is 20.2. The third kappa shape index (κ3) is 7.59. The molecule has 0 saturated carbocycles. The van der Waals surface area contributed by atoms with Crippen molar-refractivity contribution in [1.82, 2.24) is 5.32 Å². The normalized spacial score (nSPS) is 26.0. The van der Waals surface area contributed by atoms with Crippen molar-refractivity contribution < 1.29 is 19.1 Å². The van der Waals surface area contributed by atoms with E-state index in [1.807, 2.05) is 19.9 Å². The lowest BCUT2D eigenvalue weighted by atomic mass is 9.97. The fraction of sp³-hybridized carbons (Fsp3) is 0.579. The van der Waals surface area contributed by atoms with Crippen LogP contribution in [0.5, 0.6) is 0 Å². The Balaban J connectivity index is 2.42. The summed E-state index contributed by atoms with van der Waals surface area (Å²) >= 11 is 0. The first-order chi connectivity index (χ1) is 11.3. The number of allylic oxidation sites excluding steroid dienone is 2. The maximum atomic E-state index is 12.0. The predicted octanol–water partition coefficient (Wildman–Crippen LogP) is 3.07. The molecule has 0 radical (unpaired) electrons. The minimum absolute atomic E-state index is 0.00749. The largest absolute Gasteiger partial charge is 0.459 e. The van der Waals surface area contributed by atoms with Gasteiger partial charge in [0.2, 0.25) is 5.91 Å². The second kappa shape index (κ2) is 10.1. The highest BCUT2D eigenvalue weighted by Gasteiger charge is 2.28. The molecule has 0 bridgehead atoms. The van der Waals surface area contributed by atoms with Gasteiger partial charge in [-0.3, -0.25) is 9.59 Å². The van der Waals surface area contributed by atoms with Crippen molar-refractivity contribution in [2.45, 2.75) is 71.3 Å². The van der Waals surface area contributed by atoms with Gasteiger partial charge in [-0.05, 0) is 46.1 Å². The van der Waals surface area contributed by atoms with E-state index in [0.717, 1.165) is 24.8 Å². The lowest BCUT2D eigenvalue weighted by molar-refractivity contribution is -0.143. The molecule has 0 spiro atoms. The number of carbonyl (C=O) groups is 2. The Hall–Kier alpha value is -1.88. The molecule has 1 aliphatic heterocycles. The predicted molar refractivity (Wildman–Crippen MR) is 94.4 cm³/mol. The fourth-order valence-corrected chi connectivity index (χ4v) is 2.59. The van der Waals surface area contributed by atoms with Crippen LogP contribution < -0.4 is 5.32 Å². The number of hydrogen-bond acceptors (Lipinski definition) is 4. The molecular weight excluding hydrogens is 306 g/mol. The number of ether oxygens (including phenoxy) is 2. The van der Waals surface area contributed by atoms with Crippen LogP contribution in [0.3, 0.4) is 0 Å². The Morgan fingerprint density at radius 2 is 2.08 bits per heavy atom. The lowest BCUT2D eigenvalue weighted by Crippen LogP contribution is -2.47. The van der Waals surface area contributed by atoms with Crippen molar-refractivity contribution in [3.8, 4) is 0 Å². The number of rotatable bonds is 7. The van der Waals surface area contributed by atoms with E-state index in [1.165, 1.54) is 13.0 Å². The topological polar surface area (TPSA) is 64.6 Å². The molecule has 4 atom stereocenters. The van der Waals surface area contributed by atoms with Crippen molar-refractivity contribution in [2.24, 2.45) is 0 Å². The van der Waals surface area contributed by atoms with E-state index < -0.39 is 6.10 Å². The molecule has 1 rings (SSSR count). The van der Waals surface area contributed by atoms with E-state index in [4.69, 9.17) is 9.47 Å². The van der Waals surface area contributed by atoms with Crippen molar-refractivity contribution in [2.75, 3.05) is 0 Å². The summed E-state index contributed by atoms with van der Waals surface area (Å²) < 4.78 is 10.9. The maximum Gasteiger partial charge on any atom is 0.303 e. The van der Waals surface area contributed by atoms with Crippen LogP contribution in [0.4, 0.5) is 0 Å². The summed E-state index contributed by atoms with van der Waals surface area (Å²) in [5, 5.41) is 2.95. The van der Waals surface area contributed by atoms with Gasteiger partial charge < -0.3 is 14.8 Å². The molecule has 0 aromatic rings. The van der Waals surface area contributed by atoms with Gasteiger partial charge >= 0.3 is 5.97 Å². The SMILES string of the molecule is C=C/C(C)=C/C[C@H]1CC[C@@H](NC(=O)/C=C\[C@H](C)OC(C)=O)[C@@H](C)O1. The molecule has 1 heterocycles. The molecule has 1 amide bonds. The third-order valence-corrected chi connectivity index (χ3v) is 4.00. The van der Waals surface area contributed by atoms with Crippen molar-refractivity contribution >= 4 is 11.9 Å². The summed E-state index contributed by atoms with van der Waals surface area (Å²) in [5.74, 6) is -0.566. The van der Waals surface area contributed by atoms with Crippen molar-refractivity contribution in [3.05, 3.63) is 36.5 Å². The van der Waals surface area contributed by atoms with Crippen LogP contribution in [0.15, 0.2) is 36.5 Å². The van der Waals surface area contributed by atoms with Gasteiger partial charge in [-0.2, -0.15) is 0 Å². The number of carbonyl (C=O) groups excluding carboxylic acids is 2. The van der Waals surface area contributed by atoms with Gasteiger partial charge in [0.1, 0.15) is 6.10 Å². The van der Waals surface area contributed by atoms with Crippen LogP contribution in [-0.2, 0) is 19.1 Å². The molecule has 134 valence electrons. The van der Waals surface area contributed by atoms with Gasteiger partial charge in [0.05, 0.1) is 18.2 Å². The van der Waals surface area contributed by atoms with Crippen LogP contribution in [0, 0.1) is 0 Å². The molecule has 0 aromatic carbocycles. The van der Waals surface area contributed by atoms with E-state index in [2.05, 4.69) is 18.0 Å². The van der Waals surface area contributed by atoms with Gasteiger partial charge in [-0.1, -0.05) is 24.3 Å². The van der Waals surface area contributed by atoms with E-state index in [1.54, 1.807) is 13.0 Å². The van der Waals surface area contributed by atoms with Crippen LogP contribution in [0.1, 0.15) is 47.0 Å². The molecule has 0 aromatic heterocycles. The molecule has 24 heavy (non-hydrogen) atoms. The number of hydrogen-bond donors (Lipinski definition) is 1. The van der Waals surface area contributed by atoms with E-state index >= 15 is 0 Å². The molecule has 0 unspecified atom stereocenters. The third-order valence-electron chi connectivity index (χ3n) is 4.00. The summed E-state index contributed by atoms with van der Waals surface area (Å²) in [4.78, 5) is 22.8. The number of esters is 1. The Labute approximate surface area is 144 Å². The fourth-order valence-electron chi connectivity index (χ4n) is 2.59. The van der Waals surface area contributed by atoms with Gasteiger partial charge in [-0.15, -0.1) is 0 Å². The monoisotopic (exact) mass is 335 g/mol. The summed E-state index contributed by atoms with van der Waals surface area (Å²) in [6.45, 7) is 10.8. The second-order valence-electron chi connectivity index (χ2n) is 6.22. The number of amides is 1. The van der Waals surface area contributed by atoms with Gasteiger partial charge in [0, 0.05) is 13.0 Å². The van der Waals surface area contributed by atoms with E-state index in [0.29, 0.717) is 0 Å². The molecule has 1 aliphatic rings. The quantitative estimate of drug-likeness (QED) is 0.441. The Bertz CT molecular complexity index is 509. The molecule has 5 heteroatoms. The minimum Gasteiger partial charge on any atom is -0.459 e. The summed E-state index contributed by atoms with van der Waals surface area (Å²) in [6, 6.07) is -0.00749. The zero-order valence-electron chi connectivity index (χ0n) is 15.1. The zero-order chi connectivity index (χ0) is 18.1. The molecule has 1 saturated heterocycles. The van der Waals surface area contributed by atoms with Crippen LogP contribution in [0.2, 0.25) is 0 Å². The summed E-state index contributed by atoms with van der Waals surface area (Å²) in [7, 11) is 0. The van der Waals surface area contributed by atoms with Crippen molar-refractivity contribution in [3.63, 3.8) is 0 Å². The van der Waals surface area contributed by atoms with E-state index in [-0.39, 0.29) is 30.1 Å². The Kier molecular flexibility index (Phi) is 8.47. The lowest BCUT2D eigenvalue weighted by Gasteiger charge is -2.34. The van der Waals surface area contributed by atoms with Crippen LogP contribution >= 0.6 is 0 Å². The summed E-state index contributed by atoms with van der Waals surface area (Å²) in [5.41, 5.74) is 1.15. The average Bonchev–Trinajstić information content (AvgIpc) is 2.52. The van der Waals surface area contributed by atoms with Crippen molar-refractivity contribution in [1.29, 1.82) is 0 Å². The summed E-state index contributed by atoms with van der Waals surface area (Å²) in [6.07, 6.45) is 9.31. The minimum atomic E-state index is -0.419. The molecule has 1 fully saturated rings. The van der Waals surface area contributed by atoms with Gasteiger partial charge in [0.15, 0.2) is 0 Å². The Morgan fingerprint density at radius 3 is 2.67 bits per heavy atom. The maximum absolute atomic E-state index is 12.0. The zero-order valence-corrected chi connectivity index (χ0v) is 15.1. The highest BCUT2D eigenvalue weighted by molar-refractivity contribution is 5.87. The van der Waals surface area contributed by atoms with Gasteiger partial charge in [-0.25, -0.2) is 0 Å². The first-order valence-electron chi connectivity index (χ1n) is 8.42. The average molecular weight is 335 g/mol. The first-order valence-corrected chi connectivity index (χ1v) is 8.42. The smallest absolute Gasteiger partial charge is 0.303 e. The number of nitrogens with one attached hydrogen (secondary N) is 1. The Morgan fingerprint density at radius 1 is 1.38 bits per heavy atom. The van der Waals surface area contributed by atoms with E-state index in [9.17, 15) is 9.59 Å². The molecule has 1 N–H and O–H groups in total. The standard InChI is InChI=1S/C19H29NO4/c1-6-13(2)7-9-17-10-11-18(15(4)24-17)20-19(22)12-8-14(3)23-16(5)21/h6-8,12,14-15,17-18H,1,9-11H2,2-5H3,(H,20,22)/b12-8-,13-7+/t14-,15+,17-,18+/m0/s1. The van der Waals surface area contributed by atoms with Crippen LogP contribution in [-0.4, -0.2) is 36.2 Å². The molecular formula is C19H29NO4. The van der Waals surface area contributed by atoms with Gasteiger partial charge in [0.25, 0.3) is 0 Å². The molecule has 0 aliphatic carbocycles. The van der Waals surface area contributed by atoms with Crippen LogP contribution in [0.25, 0.3) is 0 Å². The highest BCUT2D eigenvalue weighted by atomic mass is 16.5. The second-order valence-corrected chi connectivity index (χ2v) is 6.22. The molecule has 5 nitrogen and oxygen atoms in total. The highest BCUT2D eigenvalue weighted by Crippen LogP contribution is 2.22.